The lowest BCUT2D eigenvalue weighted by atomic mass is 9.97. The molecule has 0 saturated carbocycles. The Labute approximate surface area is 150 Å². The Bertz CT molecular complexity index is 732. The largest absolute Gasteiger partial charge is 0.493 e. The number of thioether (sulfide) groups is 1. The molecule has 2 aromatic rings. The number of carbonyl (C=O) groups is 1. The Morgan fingerprint density at radius 1 is 1.38 bits per heavy atom. The molecular formula is C17H20N2O3S2. The topological polar surface area (TPSA) is 51.7 Å². The molecule has 0 bridgehead atoms. The number of aromatic nitrogens is 1. The Balaban J connectivity index is 1.77. The van der Waals surface area contributed by atoms with Crippen molar-refractivity contribution in [1.82, 2.24) is 9.88 Å². The fourth-order valence-electron chi connectivity index (χ4n) is 3.04. The van der Waals surface area contributed by atoms with E-state index < -0.39 is 0 Å². The van der Waals surface area contributed by atoms with Gasteiger partial charge >= 0.3 is 0 Å². The molecule has 1 atom stereocenters. The van der Waals surface area contributed by atoms with Crippen LogP contribution in [0.1, 0.15) is 28.4 Å². The van der Waals surface area contributed by atoms with Crippen LogP contribution in [0, 0.1) is 0 Å². The van der Waals surface area contributed by atoms with Crippen LogP contribution in [0.4, 0.5) is 0 Å². The molecule has 1 aromatic carbocycles. The highest BCUT2D eigenvalue weighted by molar-refractivity contribution is 8.00. The monoisotopic (exact) mass is 364 g/mol. The van der Waals surface area contributed by atoms with E-state index in [4.69, 9.17) is 9.47 Å². The van der Waals surface area contributed by atoms with Crippen LogP contribution in [0.5, 0.6) is 11.5 Å². The zero-order valence-corrected chi connectivity index (χ0v) is 15.6. The van der Waals surface area contributed by atoms with Gasteiger partial charge in [-0.05, 0) is 18.7 Å². The van der Waals surface area contributed by atoms with Crippen LogP contribution < -0.4 is 9.47 Å². The fraction of sp³-hybridized carbons (Fsp3) is 0.412. The van der Waals surface area contributed by atoms with E-state index in [0.717, 1.165) is 34.4 Å². The van der Waals surface area contributed by atoms with Gasteiger partial charge in [0.15, 0.2) is 11.5 Å². The van der Waals surface area contributed by atoms with Gasteiger partial charge in [-0.1, -0.05) is 23.9 Å². The molecule has 0 aliphatic carbocycles. The zero-order valence-electron chi connectivity index (χ0n) is 13.9. The zero-order chi connectivity index (χ0) is 17.1. The quantitative estimate of drug-likeness (QED) is 0.760. The summed E-state index contributed by atoms with van der Waals surface area (Å²) in [6.07, 6.45) is 2.88. The van der Waals surface area contributed by atoms with E-state index in [0.29, 0.717) is 12.2 Å². The van der Waals surface area contributed by atoms with E-state index in [-0.39, 0.29) is 11.8 Å². The van der Waals surface area contributed by atoms with E-state index in [1.807, 2.05) is 28.7 Å². The molecule has 1 saturated heterocycles. The van der Waals surface area contributed by atoms with Crippen LogP contribution >= 0.6 is 23.1 Å². The molecule has 3 rings (SSSR count). The average Bonchev–Trinajstić information content (AvgIpc) is 3.29. The maximum absolute atomic E-state index is 12.6. The van der Waals surface area contributed by atoms with Crippen molar-refractivity contribution in [2.45, 2.75) is 16.7 Å². The lowest BCUT2D eigenvalue weighted by molar-refractivity contribution is 0.0785. The second-order valence-electron chi connectivity index (χ2n) is 5.52. The number of thiazole rings is 1. The third-order valence-electron chi connectivity index (χ3n) is 4.23. The van der Waals surface area contributed by atoms with Gasteiger partial charge in [-0.3, -0.25) is 4.79 Å². The number of nitrogens with zero attached hydrogens (tertiary/aromatic N) is 2. The number of likely N-dealkylation sites (tertiary alicyclic amines) is 1. The molecule has 5 nitrogen and oxygen atoms in total. The van der Waals surface area contributed by atoms with Crippen molar-refractivity contribution in [2.24, 2.45) is 0 Å². The van der Waals surface area contributed by atoms with E-state index in [9.17, 15) is 4.79 Å². The van der Waals surface area contributed by atoms with Crippen molar-refractivity contribution >= 4 is 29.0 Å². The van der Waals surface area contributed by atoms with Crippen molar-refractivity contribution < 1.29 is 14.3 Å². The van der Waals surface area contributed by atoms with Gasteiger partial charge in [-0.25, -0.2) is 4.98 Å². The van der Waals surface area contributed by atoms with E-state index in [1.54, 1.807) is 26.0 Å². The minimum Gasteiger partial charge on any atom is -0.493 e. The lowest BCUT2D eigenvalue weighted by Crippen LogP contribution is -2.28. The van der Waals surface area contributed by atoms with E-state index in [2.05, 4.69) is 11.1 Å². The second-order valence-corrected chi connectivity index (χ2v) is 7.43. The van der Waals surface area contributed by atoms with Crippen molar-refractivity contribution in [3.8, 4) is 11.5 Å². The number of methoxy groups -OCH3 is 2. The van der Waals surface area contributed by atoms with Gasteiger partial charge in [0.2, 0.25) is 0 Å². The first-order chi connectivity index (χ1) is 11.7. The van der Waals surface area contributed by atoms with Gasteiger partial charge in [-0.2, -0.15) is 0 Å². The van der Waals surface area contributed by atoms with Crippen LogP contribution in [0.15, 0.2) is 27.9 Å². The summed E-state index contributed by atoms with van der Waals surface area (Å²) in [5.74, 6) is 1.75. The molecule has 0 radical (unpaired) electrons. The van der Waals surface area contributed by atoms with Crippen molar-refractivity contribution in [3.05, 3.63) is 34.8 Å². The molecule has 1 aliphatic heterocycles. The van der Waals surface area contributed by atoms with Crippen LogP contribution in [0.2, 0.25) is 0 Å². The molecule has 7 heteroatoms. The normalized spacial score (nSPS) is 17.1. The number of para-hydroxylation sites is 1. The summed E-state index contributed by atoms with van der Waals surface area (Å²) in [5.41, 5.74) is 1.64. The minimum atomic E-state index is 0.0101. The average molecular weight is 364 g/mol. The van der Waals surface area contributed by atoms with Crippen molar-refractivity contribution in [2.75, 3.05) is 33.6 Å². The van der Waals surface area contributed by atoms with Gasteiger partial charge in [0, 0.05) is 30.0 Å². The van der Waals surface area contributed by atoms with E-state index in [1.165, 1.54) is 11.3 Å². The predicted molar refractivity (Wildman–Crippen MR) is 96.7 cm³/mol. The maximum Gasteiger partial charge on any atom is 0.273 e. The number of rotatable bonds is 5. The maximum atomic E-state index is 12.6. The summed E-state index contributed by atoms with van der Waals surface area (Å²) < 4.78 is 11.8. The number of hydrogen-bond donors (Lipinski definition) is 0. The van der Waals surface area contributed by atoms with Gasteiger partial charge in [0.1, 0.15) is 10.0 Å². The molecular weight excluding hydrogens is 344 g/mol. The highest BCUT2D eigenvalue weighted by Crippen LogP contribution is 2.39. The molecule has 128 valence electrons. The summed E-state index contributed by atoms with van der Waals surface area (Å²) in [4.78, 5) is 18.9. The molecule has 0 unspecified atom stereocenters. The fourth-order valence-corrected chi connectivity index (χ4v) is 4.28. The van der Waals surface area contributed by atoms with E-state index >= 15 is 0 Å². The van der Waals surface area contributed by atoms with Gasteiger partial charge in [0.25, 0.3) is 5.91 Å². The Morgan fingerprint density at radius 2 is 2.21 bits per heavy atom. The van der Waals surface area contributed by atoms with Crippen LogP contribution in [-0.4, -0.2) is 49.4 Å². The highest BCUT2D eigenvalue weighted by Gasteiger charge is 2.31. The standard InChI is InChI=1S/C17H20N2O3S2/c1-21-14-6-4-5-12(15(14)22-2)11-7-8-19(9-11)16(20)13-10-24-17(18-13)23-3/h4-6,10-11H,7-9H2,1-3H3/t11-/m1/s1. The highest BCUT2D eigenvalue weighted by atomic mass is 32.2. The Morgan fingerprint density at radius 3 is 2.88 bits per heavy atom. The predicted octanol–water partition coefficient (Wildman–Crippen LogP) is 3.51. The number of ether oxygens (including phenoxy) is 2. The molecule has 0 spiro atoms. The van der Waals surface area contributed by atoms with Crippen LogP contribution in [-0.2, 0) is 0 Å². The van der Waals surface area contributed by atoms with Gasteiger partial charge < -0.3 is 14.4 Å². The Hall–Kier alpha value is -1.73. The number of hydrogen-bond acceptors (Lipinski definition) is 6. The first-order valence-corrected chi connectivity index (χ1v) is 9.78. The number of carbonyl (C=O) groups excluding carboxylic acids is 1. The van der Waals surface area contributed by atoms with Gasteiger partial charge in [-0.15, -0.1) is 11.3 Å². The molecule has 1 fully saturated rings. The third kappa shape index (κ3) is 3.23. The minimum absolute atomic E-state index is 0.0101. The molecule has 2 heterocycles. The van der Waals surface area contributed by atoms with Crippen LogP contribution in [0.25, 0.3) is 0 Å². The van der Waals surface area contributed by atoms with Crippen molar-refractivity contribution in [3.63, 3.8) is 0 Å². The number of benzene rings is 1. The first kappa shape index (κ1) is 17.1. The van der Waals surface area contributed by atoms with Crippen LogP contribution in [0.3, 0.4) is 0 Å². The SMILES string of the molecule is COc1cccc([C@@H]2CCN(C(=O)c3csc(SC)n3)C2)c1OC. The summed E-state index contributed by atoms with van der Waals surface area (Å²) in [6, 6.07) is 5.90. The summed E-state index contributed by atoms with van der Waals surface area (Å²) in [5, 5.41) is 1.84. The first-order valence-electron chi connectivity index (χ1n) is 7.67. The molecule has 24 heavy (non-hydrogen) atoms. The third-order valence-corrected chi connectivity index (χ3v) is 6.09. The summed E-state index contributed by atoms with van der Waals surface area (Å²) >= 11 is 3.07. The Kier molecular flexibility index (Phi) is 5.30. The summed E-state index contributed by atoms with van der Waals surface area (Å²) in [7, 11) is 3.29. The van der Waals surface area contributed by atoms with Gasteiger partial charge in [0.05, 0.1) is 14.2 Å². The second kappa shape index (κ2) is 7.44. The number of amides is 1. The summed E-state index contributed by atoms with van der Waals surface area (Å²) in [6.45, 7) is 1.41. The molecule has 0 N–H and O–H groups in total. The lowest BCUT2D eigenvalue weighted by Gasteiger charge is -2.18. The molecule has 1 amide bonds. The molecule has 1 aromatic heterocycles. The smallest absolute Gasteiger partial charge is 0.273 e. The molecule has 1 aliphatic rings. The van der Waals surface area contributed by atoms with Crippen molar-refractivity contribution in [1.29, 1.82) is 0 Å².